The molecule has 0 aliphatic rings. The minimum atomic E-state index is -0.591. The van der Waals surface area contributed by atoms with E-state index in [4.69, 9.17) is 10.5 Å². The maximum Gasteiger partial charge on any atom is 0.407 e. The summed E-state index contributed by atoms with van der Waals surface area (Å²) >= 11 is 1.51. The van der Waals surface area contributed by atoms with Gasteiger partial charge in [0.15, 0.2) is 0 Å². The minimum absolute atomic E-state index is 0.0668. The molecule has 0 spiro atoms. The van der Waals surface area contributed by atoms with Crippen molar-refractivity contribution >= 4 is 17.4 Å². The molecule has 21 heavy (non-hydrogen) atoms. The zero-order chi connectivity index (χ0) is 15.4. The fourth-order valence-corrected chi connectivity index (χ4v) is 2.90. The molecule has 112 valence electrons. The summed E-state index contributed by atoms with van der Waals surface area (Å²) in [6, 6.07) is 8.57. The van der Waals surface area contributed by atoms with Crippen LogP contribution in [0.5, 0.6) is 0 Å². The fraction of sp³-hybridized carbons (Fsp3) is 0.267. The van der Waals surface area contributed by atoms with Crippen molar-refractivity contribution in [2.24, 2.45) is 5.73 Å². The van der Waals surface area contributed by atoms with Crippen LogP contribution in [0.2, 0.25) is 0 Å². The number of nitrogens with one attached hydrogen (secondary N) is 1. The number of carbonyl (C=O) groups excluding carboxylic acids is 1. The quantitative estimate of drug-likeness (QED) is 0.909. The first-order valence-electron chi connectivity index (χ1n) is 6.50. The standard InChI is InChI=1S/C15H17FN2O2S/c1-9(17)13-6-7-14(21-13)10-4-3-5-12(16)11(10)8-20-15(19)18-2/h3-7,9H,8,17H2,1-2H3,(H,18,19). The first-order valence-corrected chi connectivity index (χ1v) is 7.32. The number of carbonyl (C=O) groups is 1. The minimum Gasteiger partial charge on any atom is -0.445 e. The Hall–Kier alpha value is -1.92. The van der Waals surface area contributed by atoms with Crippen LogP contribution in [-0.4, -0.2) is 13.1 Å². The molecule has 0 saturated carbocycles. The summed E-state index contributed by atoms with van der Waals surface area (Å²) < 4.78 is 19.0. The number of rotatable bonds is 4. The van der Waals surface area contributed by atoms with Gasteiger partial charge in [-0.05, 0) is 25.1 Å². The molecule has 1 aromatic heterocycles. The van der Waals surface area contributed by atoms with E-state index in [1.54, 1.807) is 6.07 Å². The summed E-state index contributed by atoms with van der Waals surface area (Å²) in [6.07, 6.45) is -0.591. The Bertz CT molecular complexity index is 640. The average Bonchev–Trinajstić information content (AvgIpc) is 2.95. The molecule has 3 N–H and O–H groups in total. The summed E-state index contributed by atoms with van der Waals surface area (Å²) in [5.74, 6) is -0.396. The molecule has 1 amide bonds. The average molecular weight is 308 g/mol. The Morgan fingerprint density at radius 1 is 1.43 bits per heavy atom. The lowest BCUT2D eigenvalue weighted by Crippen LogP contribution is -2.19. The predicted octanol–water partition coefficient (Wildman–Crippen LogP) is 3.43. The van der Waals surface area contributed by atoms with Gasteiger partial charge in [-0.15, -0.1) is 11.3 Å². The van der Waals surface area contributed by atoms with E-state index in [1.807, 2.05) is 25.1 Å². The van der Waals surface area contributed by atoms with Gasteiger partial charge in [0, 0.05) is 34.0 Å². The van der Waals surface area contributed by atoms with Crippen molar-refractivity contribution in [3.05, 3.63) is 46.6 Å². The molecule has 2 aromatic rings. The van der Waals surface area contributed by atoms with Crippen molar-refractivity contribution in [3.8, 4) is 10.4 Å². The van der Waals surface area contributed by atoms with Crippen molar-refractivity contribution < 1.29 is 13.9 Å². The molecule has 6 heteroatoms. The number of amides is 1. The maximum absolute atomic E-state index is 14.0. The van der Waals surface area contributed by atoms with Gasteiger partial charge >= 0.3 is 6.09 Å². The van der Waals surface area contributed by atoms with Crippen LogP contribution < -0.4 is 11.1 Å². The van der Waals surface area contributed by atoms with Crippen LogP contribution in [0.3, 0.4) is 0 Å². The SMILES string of the molecule is CNC(=O)OCc1c(F)cccc1-c1ccc(C(C)N)s1. The first kappa shape index (κ1) is 15.5. The molecule has 0 saturated heterocycles. The zero-order valence-corrected chi connectivity index (χ0v) is 12.7. The highest BCUT2D eigenvalue weighted by Gasteiger charge is 2.14. The molecule has 0 aliphatic carbocycles. The van der Waals surface area contributed by atoms with E-state index in [9.17, 15) is 9.18 Å². The molecule has 2 rings (SSSR count). The molecule has 1 aromatic carbocycles. The Labute approximate surface area is 126 Å². The number of thiophene rings is 1. The fourth-order valence-electron chi connectivity index (χ4n) is 1.89. The van der Waals surface area contributed by atoms with Gasteiger partial charge in [-0.3, -0.25) is 0 Å². The number of benzene rings is 1. The molecule has 1 atom stereocenters. The van der Waals surface area contributed by atoms with Crippen LogP contribution in [0.15, 0.2) is 30.3 Å². The van der Waals surface area contributed by atoms with Gasteiger partial charge < -0.3 is 15.8 Å². The molecule has 1 unspecified atom stereocenters. The van der Waals surface area contributed by atoms with E-state index in [0.717, 1.165) is 15.3 Å². The van der Waals surface area contributed by atoms with Crippen molar-refractivity contribution in [3.63, 3.8) is 0 Å². The number of alkyl carbamates (subject to hydrolysis) is 1. The van der Waals surface area contributed by atoms with Gasteiger partial charge in [0.05, 0.1) is 0 Å². The van der Waals surface area contributed by atoms with Crippen molar-refractivity contribution in [2.75, 3.05) is 7.05 Å². The molecular weight excluding hydrogens is 291 g/mol. The van der Waals surface area contributed by atoms with E-state index in [-0.39, 0.29) is 12.6 Å². The van der Waals surface area contributed by atoms with E-state index >= 15 is 0 Å². The van der Waals surface area contributed by atoms with Gasteiger partial charge in [0.25, 0.3) is 0 Å². The third-order valence-corrected chi connectivity index (χ3v) is 4.33. The summed E-state index contributed by atoms with van der Waals surface area (Å²) in [7, 11) is 1.46. The Balaban J connectivity index is 2.33. The van der Waals surface area contributed by atoms with E-state index in [2.05, 4.69) is 5.32 Å². The summed E-state index contributed by atoms with van der Waals surface area (Å²) in [5.41, 5.74) is 6.93. The highest BCUT2D eigenvalue weighted by Crippen LogP contribution is 2.34. The second-order valence-electron chi connectivity index (χ2n) is 4.58. The molecule has 0 fully saturated rings. The summed E-state index contributed by atoms with van der Waals surface area (Å²) in [4.78, 5) is 13.1. The number of nitrogens with two attached hydrogens (primary N) is 1. The first-order chi connectivity index (χ1) is 10.0. The van der Waals surface area contributed by atoms with Gasteiger partial charge in [-0.1, -0.05) is 12.1 Å². The zero-order valence-electron chi connectivity index (χ0n) is 11.9. The lowest BCUT2D eigenvalue weighted by Gasteiger charge is -2.10. The van der Waals surface area contributed by atoms with Crippen LogP contribution in [0.1, 0.15) is 23.4 Å². The monoisotopic (exact) mass is 308 g/mol. The molecular formula is C15H17FN2O2S. The number of hydrogen-bond donors (Lipinski definition) is 2. The molecule has 0 bridgehead atoms. The lowest BCUT2D eigenvalue weighted by atomic mass is 10.1. The van der Waals surface area contributed by atoms with Crippen LogP contribution >= 0.6 is 11.3 Å². The lowest BCUT2D eigenvalue weighted by molar-refractivity contribution is 0.141. The van der Waals surface area contributed by atoms with E-state index in [1.165, 1.54) is 24.5 Å². The van der Waals surface area contributed by atoms with Gasteiger partial charge in [0.1, 0.15) is 12.4 Å². The smallest absolute Gasteiger partial charge is 0.407 e. The van der Waals surface area contributed by atoms with Gasteiger partial charge in [-0.2, -0.15) is 0 Å². The Morgan fingerprint density at radius 2 is 2.19 bits per heavy atom. The van der Waals surface area contributed by atoms with E-state index < -0.39 is 11.9 Å². The van der Waals surface area contributed by atoms with Gasteiger partial charge in [-0.25, -0.2) is 9.18 Å². The third-order valence-electron chi connectivity index (χ3n) is 3.01. The highest BCUT2D eigenvalue weighted by atomic mass is 32.1. The van der Waals surface area contributed by atoms with Crippen LogP contribution in [0.4, 0.5) is 9.18 Å². The predicted molar refractivity (Wildman–Crippen MR) is 81.6 cm³/mol. The third kappa shape index (κ3) is 3.59. The maximum atomic E-state index is 14.0. The number of halogens is 1. The van der Waals surface area contributed by atoms with Crippen molar-refractivity contribution in [2.45, 2.75) is 19.6 Å². The molecule has 0 radical (unpaired) electrons. The van der Waals surface area contributed by atoms with Crippen molar-refractivity contribution in [1.82, 2.24) is 5.32 Å². The van der Waals surface area contributed by atoms with Crippen LogP contribution in [0, 0.1) is 5.82 Å². The molecule has 0 aliphatic heterocycles. The Kier molecular flexibility index (Phi) is 4.93. The summed E-state index contributed by atoms with van der Waals surface area (Å²) in [6.45, 7) is 1.78. The van der Waals surface area contributed by atoms with Gasteiger partial charge in [0.2, 0.25) is 0 Å². The van der Waals surface area contributed by atoms with Crippen LogP contribution in [0.25, 0.3) is 10.4 Å². The van der Waals surface area contributed by atoms with E-state index in [0.29, 0.717) is 5.56 Å². The highest BCUT2D eigenvalue weighted by molar-refractivity contribution is 7.15. The molecule has 4 nitrogen and oxygen atoms in total. The normalized spacial score (nSPS) is 12.0. The second kappa shape index (κ2) is 6.69. The van der Waals surface area contributed by atoms with Crippen molar-refractivity contribution in [1.29, 1.82) is 0 Å². The Morgan fingerprint density at radius 3 is 2.81 bits per heavy atom. The second-order valence-corrected chi connectivity index (χ2v) is 5.70. The largest absolute Gasteiger partial charge is 0.445 e. The van der Waals surface area contributed by atoms with Crippen LogP contribution in [-0.2, 0) is 11.3 Å². The number of hydrogen-bond acceptors (Lipinski definition) is 4. The summed E-state index contributed by atoms with van der Waals surface area (Å²) in [5, 5.41) is 2.34. The molecule has 1 heterocycles. The number of ether oxygens (including phenoxy) is 1. The topological polar surface area (TPSA) is 64.3 Å².